The minimum Gasteiger partial charge on any atom is -0.330 e. The van der Waals surface area contributed by atoms with Crippen LogP contribution in [0.25, 0.3) is 0 Å². The van der Waals surface area contributed by atoms with E-state index in [2.05, 4.69) is 24.4 Å². The lowest BCUT2D eigenvalue weighted by Gasteiger charge is -2.06. The zero-order chi connectivity index (χ0) is 8.10. The number of nitrogens with two attached hydrogens (primary N) is 1. The van der Waals surface area contributed by atoms with Crippen LogP contribution in [-0.4, -0.2) is 6.54 Å². The van der Waals surface area contributed by atoms with Crippen LogP contribution < -0.4 is 5.73 Å². The lowest BCUT2D eigenvalue weighted by Crippen LogP contribution is -2.07. The van der Waals surface area contributed by atoms with Crippen molar-refractivity contribution in [3.05, 3.63) is 22.4 Å². The fraction of sp³-hybridized carbons (Fsp3) is 0.556. The molecule has 1 rings (SSSR count). The first-order valence-electron chi connectivity index (χ1n) is 4.05. The van der Waals surface area contributed by atoms with Gasteiger partial charge in [-0.15, -0.1) is 23.7 Å². The number of hydrogen-bond donors (Lipinski definition) is 1. The largest absolute Gasteiger partial charge is 0.330 e. The first-order chi connectivity index (χ1) is 5.33. The van der Waals surface area contributed by atoms with E-state index >= 15 is 0 Å². The SMILES string of the molecule is CC(CCN)Cc1cccs1.Cl. The zero-order valence-corrected chi connectivity index (χ0v) is 8.96. The third-order valence-corrected chi connectivity index (χ3v) is 2.69. The van der Waals surface area contributed by atoms with Crippen molar-refractivity contribution in [3.63, 3.8) is 0 Å². The summed E-state index contributed by atoms with van der Waals surface area (Å²) in [4.78, 5) is 1.48. The van der Waals surface area contributed by atoms with Crippen LogP contribution >= 0.6 is 23.7 Å². The van der Waals surface area contributed by atoms with Gasteiger partial charge in [0.05, 0.1) is 0 Å². The van der Waals surface area contributed by atoms with Crippen molar-refractivity contribution in [2.24, 2.45) is 11.7 Å². The monoisotopic (exact) mass is 205 g/mol. The molecule has 1 aromatic rings. The van der Waals surface area contributed by atoms with E-state index in [0.29, 0.717) is 0 Å². The van der Waals surface area contributed by atoms with E-state index in [1.54, 1.807) is 0 Å². The van der Waals surface area contributed by atoms with Crippen molar-refractivity contribution in [2.45, 2.75) is 19.8 Å². The van der Waals surface area contributed by atoms with Gasteiger partial charge in [-0.05, 0) is 36.8 Å². The smallest absolute Gasteiger partial charge is 0.00478 e. The molecule has 1 heterocycles. The molecule has 0 amide bonds. The van der Waals surface area contributed by atoms with E-state index in [1.807, 2.05) is 11.3 Å². The highest BCUT2D eigenvalue weighted by atomic mass is 35.5. The molecule has 70 valence electrons. The predicted octanol–water partition coefficient (Wildman–Crippen LogP) is 2.70. The van der Waals surface area contributed by atoms with Gasteiger partial charge < -0.3 is 5.73 Å². The van der Waals surface area contributed by atoms with Gasteiger partial charge in [0.25, 0.3) is 0 Å². The van der Waals surface area contributed by atoms with Gasteiger partial charge in [-0.25, -0.2) is 0 Å². The van der Waals surface area contributed by atoms with Crippen LogP contribution in [0.5, 0.6) is 0 Å². The molecule has 0 aliphatic heterocycles. The van der Waals surface area contributed by atoms with Crippen molar-refractivity contribution < 1.29 is 0 Å². The van der Waals surface area contributed by atoms with Gasteiger partial charge >= 0.3 is 0 Å². The molecule has 0 bridgehead atoms. The molecule has 0 aliphatic rings. The van der Waals surface area contributed by atoms with Crippen LogP contribution in [0.1, 0.15) is 18.2 Å². The van der Waals surface area contributed by atoms with Crippen LogP contribution in [-0.2, 0) is 6.42 Å². The van der Waals surface area contributed by atoms with Crippen molar-refractivity contribution in [1.82, 2.24) is 0 Å². The zero-order valence-electron chi connectivity index (χ0n) is 7.32. The quantitative estimate of drug-likeness (QED) is 0.804. The van der Waals surface area contributed by atoms with E-state index in [1.165, 1.54) is 11.3 Å². The van der Waals surface area contributed by atoms with Gasteiger partial charge in [0, 0.05) is 4.88 Å². The fourth-order valence-electron chi connectivity index (χ4n) is 1.16. The standard InChI is InChI=1S/C9H15NS.ClH/c1-8(4-5-10)7-9-3-2-6-11-9;/h2-3,6,8H,4-5,7,10H2,1H3;1H. The Labute approximate surface area is 84.4 Å². The van der Waals surface area contributed by atoms with Gasteiger partial charge in [-0.2, -0.15) is 0 Å². The van der Waals surface area contributed by atoms with Gasteiger partial charge in [-0.1, -0.05) is 13.0 Å². The van der Waals surface area contributed by atoms with Crippen LogP contribution in [0.4, 0.5) is 0 Å². The van der Waals surface area contributed by atoms with E-state index in [9.17, 15) is 0 Å². The first kappa shape index (κ1) is 11.9. The molecule has 12 heavy (non-hydrogen) atoms. The Bertz CT molecular complexity index is 186. The molecule has 2 N–H and O–H groups in total. The molecule has 0 fully saturated rings. The highest BCUT2D eigenvalue weighted by Gasteiger charge is 2.02. The molecular formula is C9H16ClNS. The summed E-state index contributed by atoms with van der Waals surface area (Å²) in [5, 5.41) is 2.13. The Hall–Kier alpha value is -0.0500. The summed E-state index contributed by atoms with van der Waals surface area (Å²) < 4.78 is 0. The molecular weight excluding hydrogens is 190 g/mol. The van der Waals surface area contributed by atoms with E-state index < -0.39 is 0 Å². The van der Waals surface area contributed by atoms with Crippen molar-refractivity contribution in [1.29, 1.82) is 0 Å². The summed E-state index contributed by atoms with van der Waals surface area (Å²) in [5.41, 5.74) is 5.46. The average Bonchev–Trinajstić information content (AvgIpc) is 2.40. The second-order valence-electron chi connectivity index (χ2n) is 2.97. The molecule has 0 radical (unpaired) electrons. The Morgan fingerprint density at radius 1 is 1.58 bits per heavy atom. The first-order valence-corrected chi connectivity index (χ1v) is 4.93. The summed E-state index contributed by atoms with van der Waals surface area (Å²) in [6, 6.07) is 4.30. The van der Waals surface area contributed by atoms with Crippen molar-refractivity contribution >= 4 is 23.7 Å². The molecule has 0 saturated heterocycles. The normalized spacial score (nSPS) is 12.2. The number of thiophene rings is 1. The van der Waals surface area contributed by atoms with Gasteiger partial charge in [0.1, 0.15) is 0 Å². The highest BCUT2D eigenvalue weighted by Crippen LogP contribution is 2.15. The summed E-state index contributed by atoms with van der Waals surface area (Å²) >= 11 is 1.84. The lowest BCUT2D eigenvalue weighted by molar-refractivity contribution is 0.542. The number of halogens is 1. The lowest BCUT2D eigenvalue weighted by atomic mass is 10.0. The average molecular weight is 206 g/mol. The molecule has 1 nitrogen and oxygen atoms in total. The molecule has 0 aliphatic carbocycles. The Balaban J connectivity index is 0.00000121. The van der Waals surface area contributed by atoms with Crippen molar-refractivity contribution in [3.8, 4) is 0 Å². The Kier molecular flexibility index (Phi) is 6.44. The summed E-state index contributed by atoms with van der Waals surface area (Å²) in [6.45, 7) is 3.07. The number of rotatable bonds is 4. The second kappa shape index (κ2) is 6.46. The Morgan fingerprint density at radius 3 is 2.83 bits per heavy atom. The summed E-state index contributed by atoms with van der Waals surface area (Å²) in [5.74, 6) is 0.735. The van der Waals surface area contributed by atoms with E-state index in [-0.39, 0.29) is 12.4 Å². The van der Waals surface area contributed by atoms with E-state index in [4.69, 9.17) is 5.73 Å². The topological polar surface area (TPSA) is 26.0 Å². The predicted molar refractivity (Wildman–Crippen MR) is 58.1 cm³/mol. The van der Waals surface area contributed by atoms with E-state index in [0.717, 1.165) is 18.9 Å². The molecule has 0 spiro atoms. The molecule has 3 heteroatoms. The van der Waals surface area contributed by atoms with Crippen LogP contribution in [0.3, 0.4) is 0 Å². The van der Waals surface area contributed by atoms with Gasteiger partial charge in [0.15, 0.2) is 0 Å². The highest BCUT2D eigenvalue weighted by molar-refractivity contribution is 7.09. The third kappa shape index (κ3) is 4.10. The second-order valence-corrected chi connectivity index (χ2v) is 4.00. The Morgan fingerprint density at radius 2 is 2.33 bits per heavy atom. The van der Waals surface area contributed by atoms with Crippen LogP contribution in [0.15, 0.2) is 17.5 Å². The number of hydrogen-bond acceptors (Lipinski definition) is 2. The van der Waals surface area contributed by atoms with Crippen LogP contribution in [0, 0.1) is 5.92 Å². The van der Waals surface area contributed by atoms with Crippen molar-refractivity contribution in [2.75, 3.05) is 6.54 Å². The minimum atomic E-state index is 0. The maximum atomic E-state index is 5.46. The van der Waals surface area contributed by atoms with Gasteiger partial charge in [0.2, 0.25) is 0 Å². The maximum Gasteiger partial charge on any atom is 0.00478 e. The molecule has 1 unspecified atom stereocenters. The van der Waals surface area contributed by atoms with Gasteiger partial charge in [-0.3, -0.25) is 0 Å². The summed E-state index contributed by atoms with van der Waals surface area (Å²) in [6.07, 6.45) is 2.33. The fourth-order valence-corrected chi connectivity index (χ4v) is 2.03. The molecule has 0 saturated carbocycles. The molecule has 0 aromatic carbocycles. The summed E-state index contributed by atoms with van der Waals surface area (Å²) in [7, 11) is 0. The third-order valence-electron chi connectivity index (χ3n) is 1.79. The van der Waals surface area contributed by atoms with Crippen LogP contribution in [0.2, 0.25) is 0 Å². The minimum absolute atomic E-state index is 0. The molecule has 1 aromatic heterocycles. The molecule has 1 atom stereocenters. The maximum absolute atomic E-state index is 5.46.